The van der Waals surface area contributed by atoms with E-state index in [1.165, 1.54) is 0 Å². The van der Waals surface area contributed by atoms with Crippen LogP contribution < -0.4 is 4.74 Å². The molecular weight excluding hydrogens is 507 g/mol. The molecule has 0 saturated carbocycles. The molecule has 4 aromatic rings. The molecular formula is C22H20CsNO4S. The van der Waals surface area contributed by atoms with Gasteiger partial charge in [0.2, 0.25) is 0 Å². The van der Waals surface area contributed by atoms with Crippen molar-refractivity contribution >= 4 is 101 Å². The number of ether oxygens (including phenoxy) is 1. The molecule has 5 nitrogen and oxygen atoms in total. The van der Waals surface area contributed by atoms with Gasteiger partial charge in [-0.3, -0.25) is 4.55 Å². The van der Waals surface area contributed by atoms with Gasteiger partial charge in [-0.1, -0.05) is 42.5 Å². The van der Waals surface area contributed by atoms with Crippen molar-refractivity contribution in [2.75, 3.05) is 12.4 Å². The maximum atomic E-state index is 10.7. The fraction of sp³-hybridized carbons (Fsp3) is 0.136. The van der Waals surface area contributed by atoms with Gasteiger partial charge in [0, 0.05) is 16.3 Å². The number of para-hydroxylation sites is 1. The van der Waals surface area contributed by atoms with Crippen molar-refractivity contribution in [2.45, 2.75) is 6.42 Å². The fourth-order valence-corrected chi connectivity index (χ4v) is 3.75. The van der Waals surface area contributed by atoms with Crippen LogP contribution in [0.15, 0.2) is 72.8 Å². The Morgan fingerprint density at radius 2 is 1.45 bits per heavy atom. The van der Waals surface area contributed by atoms with Crippen LogP contribution in [0.3, 0.4) is 0 Å². The summed E-state index contributed by atoms with van der Waals surface area (Å²) in [6.45, 7) is 0.219. The number of aromatic nitrogens is 1. The molecule has 0 saturated heterocycles. The Labute approximate surface area is 228 Å². The summed E-state index contributed by atoms with van der Waals surface area (Å²) in [5.74, 6) is 0.335. The van der Waals surface area contributed by atoms with Crippen LogP contribution in [0.25, 0.3) is 32.9 Å². The van der Waals surface area contributed by atoms with Gasteiger partial charge >= 0.3 is 68.9 Å². The van der Waals surface area contributed by atoms with Crippen molar-refractivity contribution in [2.24, 2.45) is 0 Å². The summed E-state index contributed by atoms with van der Waals surface area (Å²) < 4.78 is 35.8. The van der Waals surface area contributed by atoms with E-state index in [4.69, 9.17) is 14.3 Å². The Morgan fingerprint density at radius 1 is 0.828 bits per heavy atom. The summed E-state index contributed by atoms with van der Waals surface area (Å²) in [7, 11) is -3.95. The van der Waals surface area contributed by atoms with Crippen LogP contribution in [-0.4, -0.2) is 99.2 Å². The van der Waals surface area contributed by atoms with Crippen LogP contribution in [0.4, 0.5) is 0 Å². The second-order valence-electron chi connectivity index (χ2n) is 6.54. The average Bonchev–Trinajstić information content (AvgIpc) is 2.70. The predicted octanol–water partition coefficient (Wildman–Crippen LogP) is 4.06. The third kappa shape index (κ3) is 5.62. The van der Waals surface area contributed by atoms with Crippen molar-refractivity contribution in [3.8, 4) is 17.0 Å². The molecule has 0 fully saturated rings. The number of benzene rings is 3. The van der Waals surface area contributed by atoms with Crippen LogP contribution >= 0.6 is 0 Å². The molecule has 0 aliphatic rings. The Hall–Kier alpha value is -0.908. The van der Waals surface area contributed by atoms with Gasteiger partial charge in [0.1, 0.15) is 5.75 Å². The molecule has 29 heavy (non-hydrogen) atoms. The van der Waals surface area contributed by atoms with Gasteiger partial charge in [-0.2, -0.15) is 8.42 Å². The molecule has 0 radical (unpaired) electrons. The van der Waals surface area contributed by atoms with Gasteiger partial charge in [0.25, 0.3) is 10.1 Å². The maximum absolute atomic E-state index is 10.7. The van der Waals surface area contributed by atoms with E-state index in [1.54, 1.807) is 0 Å². The molecule has 0 spiro atoms. The molecule has 1 aromatic heterocycles. The Kier molecular flexibility index (Phi) is 7.80. The van der Waals surface area contributed by atoms with Gasteiger partial charge in [0.05, 0.1) is 23.6 Å². The zero-order valence-corrected chi connectivity index (χ0v) is 15.9. The van der Waals surface area contributed by atoms with Crippen LogP contribution in [0.1, 0.15) is 6.42 Å². The molecule has 0 amide bonds. The minimum absolute atomic E-state index is 0. The zero-order valence-electron chi connectivity index (χ0n) is 15.1. The molecule has 144 valence electrons. The van der Waals surface area contributed by atoms with Crippen LogP contribution in [0.5, 0.6) is 5.75 Å². The summed E-state index contributed by atoms with van der Waals surface area (Å²) in [6.07, 6.45) is 0.234. The number of rotatable bonds is 6. The topological polar surface area (TPSA) is 76.5 Å². The number of fused-ring (bicyclic) bond motifs is 3. The molecule has 0 aliphatic carbocycles. The molecule has 7 heteroatoms. The van der Waals surface area contributed by atoms with Crippen LogP contribution in [0.2, 0.25) is 0 Å². The Bertz CT molecular complexity index is 1240. The molecule has 0 aliphatic heterocycles. The first-order chi connectivity index (χ1) is 13.5. The van der Waals surface area contributed by atoms with Crippen molar-refractivity contribution in [1.82, 2.24) is 4.98 Å². The van der Waals surface area contributed by atoms with Gasteiger partial charge in [-0.15, -0.1) is 0 Å². The summed E-state index contributed by atoms with van der Waals surface area (Å²) in [5.41, 5.74) is 2.83. The normalized spacial score (nSPS) is 11.3. The van der Waals surface area contributed by atoms with E-state index in [2.05, 4.69) is 18.2 Å². The Morgan fingerprint density at radius 3 is 2.14 bits per heavy atom. The zero-order chi connectivity index (χ0) is 19.6. The Balaban J connectivity index is 0.00000240. The third-order valence-corrected chi connectivity index (χ3v) is 5.36. The van der Waals surface area contributed by atoms with Gasteiger partial charge in [0.15, 0.2) is 0 Å². The van der Waals surface area contributed by atoms with E-state index in [-0.39, 0.29) is 87.7 Å². The molecule has 0 unspecified atom stereocenters. The van der Waals surface area contributed by atoms with E-state index in [0.29, 0.717) is 5.75 Å². The minimum atomic E-state index is -3.95. The molecule has 0 bridgehead atoms. The summed E-state index contributed by atoms with van der Waals surface area (Å²) in [6, 6.07) is 23.9. The van der Waals surface area contributed by atoms with Gasteiger partial charge in [-0.05, 0) is 42.1 Å². The third-order valence-electron chi connectivity index (χ3n) is 4.55. The average molecular weight is 527 g/mol. The monoisotopic (exact) mass is 527 g/mol. The quantitative estimate of drug-likeness (QED) is 0.233. The van der Waals surface area contributed by atoms with Crippen molar-refractivity contribution < 1.29 is 17.7 Å². The van der Waals surface area contributed by atoms with E-state index in [9.17, 15) is 8.42 Å². The van der Waals surface area contributed by atoms with E-state index in [1.807, 2.05) is 54.6 Å². The summed E-state index contributed by atoms with van der Waals surface area (Å²) >= 11 is 0. The number of hydrogen-bond donors (Lipinski definition) is 1. The molecule has 1 N–H and O–H groups in total. The van der Waals surface area contributed by atoms with Gasteiger partial charge in [-0.25, -0.2) is 4.98 Å². The summed E-state index contributed by atoms with van der Waals surface area (Å²) in [4.78, 5) is 4.87. The van der Waals surface area contributed by atoms with Crippen molar-refractivity contribution in [1.29, 1.82) is 0 Å². The van der Waals surface area contributed by atoms with Crippen molar-refractivity contribution in [3.63, 3.8) is 0 Å². The number of pyridine rings is 1. The van der Waals surface area contributed by atoms with E-state index >= 15 is 0 Å². The fourth-order valence-electron chi connectivity index (χ4n) is 3.26. The molecule has 1 heterocycles. The standard InChI is InChI=1S/C22H19NO4S.Cs.H/c24-28(25,26)15-5-14-27-17-12-10-16(11-13-17)22-20-8-2-1-6-18(20)19-7-3-4-9-21(19)23-22;;/h1-4,6-13H,5,14-15H2,(H,24,25,26);;. The van der Waals surface area contributed by atoms with Crippen molar-refractivity contribution in [3.05, 3.63) is 72.8 Å². The SMILES string of the molecule is O=S(=O)(O)CCCOc1ccc(-c2nc3ccccc3c3ccccc23)cc1.[CsH]. The van der Waals surface area contributed by atoms with E-state index < -0.39 is 10.1 Å². The first-order valence-electron chi connectivity index (χ1n) is 8.97. The molecule has 0 atom stereocenters. The van der Waals surface area contributed by atoms with Crippen LogP contribution in [0, 0.1) is 0 Å². The second kappa shape index (κ2) is 9.93. The number of hydrogen-bond acceptors (Lipinski definition) is 4. The van der Waals surface area contributed by atoms with Gasteiger partial charge < -0.3 is 4.74 Å². The molecule has 3 aromatic carbocycles. The number of nitrogens with zero attached hydrogens (tertiary/aromatic N) is 1. The summed E-state index contributed by atoms with van der Waals surface area (Å²) in [5, 5.41) is 3.37. The first-order valence-corrected chi connectivity index (χ1v) is 10.6. The van der Waals surface area contributed by atoms with E-state index in [0.717, 1.165) is 32.9 Å². The second-order valence-corrected chi connectivity index (χ2v) is 8.11. The van der Waals surface area contributed by atoms with Crippen LogP contribution in [-0.2, 0) is 10.1 Å². The molecule has 4 rings (SSSR count). The first kappa shape index (κ1) is 22.8. The predicted molar refractivity (Wildman–Crippen MR) is 118 cm³/mol.